The molecule has 0 saturated carbocycles. The highest BCUT2D eigenvalue weighted by Crippen LogP contribution is 2.54. The van der Waals surface area contributed by atoms with Crippen molar-refractivity contribution in [2.45, 2.75) is 38.8 Å². The van der Waals surface area contributed by atoms with Gasteiger partial charge < -0.3 is 14.2 Å². The monoisotopic (exact) mass is 385 g/mol. The van der Waals surface area contributed by atoms with Crippen LogP contribution >= 0.6 is 0 Å². The third-order valence-corrected chi connectivity index (χ3v) is 5.35. The molecule has 0 aromatic heterocycles. The van der Waals surface area contributed by atoms with Gasteiger partial charge in [-0.05, 0) is 24.6 Å². The van der Waals surface area contributed by atoms with E-state index in [0.29, 0.717) is 5.69 Å². The predicted octanol–water partition coefficient (Wildman–Crippen LogP) is 1.26. The smallest absolute Gasteiger partial charge is 0.305 e. The molecule has 3 aliphatic rings. The highest BCUT2D eigenvalue weighted by molar-refractivity contribution is 6.23. The molecule has 4 rings (SSSR count). The fourth-order valence-electron chi connectivity index (χ4n) is 4.27. The lowest BCUT2D eigenvalue weighted by atomic mass is 9.76. The van der Waals surface area contributed by atoms with E-state index in [1.165, 1.54) is 0 Å². The van der Waals surface area contributed by atoms with Crippen LogP contribution in [-0.4, -0.2) is 41.7 Å². The minimum absolute atomic E-state index is 0.384. The predicted molar refractivity (Wildman–Crippen MR) is 94.7 cm³/mol. The minimum atomic E-state index is -1.53. The first-order chi connectivity index (χ1) is 13.3. The molecule has 1 aromatic rings. The topological polar surface area (TPSA) is 99.2 Å². The number of fused-ring (bicyclic) bond motifs is 5. The van der Waals surface area contributed by atoms with Crippen molar-refractivity contribution in [3.8, 4) is 0 Å². The van der Waals surface area contributed by atoms with Gasteiger partial charge in [-0.3, -0.25) is 19.2 Å². The van der Waals surface area contributed by atoms with Gasteiger partial charge in [0.15, 0.2) is 5.60 Å². The van der Waals surface area contributed by atoms with E-state index in [2.05, 4.69) is 0 Å². The van der Waals surface area contributed by atoms with Gasteiger partial charge in [-0.25, -0.2) is 4.90 Å². The van der Waals surface area contributed by atoms with Crippen molar-refractivity contribution in [3.05, 3.63) is 42.0 Å². The summed E-state index contributed by atoms with van der Waals surface area (Å²) in [5.41, 5.74) is -0.259. The van der Waals surface area contributed by atoms with Crippen LogP contribution in [0, 0.1) is 18.8 Å². The summed E-state index contributed by atoms with van der Waals surface area (Å²) in [6.45, 7) is 4.14. The van der Waals surface area contributed by atoms with Crippen LogP contribution in [0.4, 0.5) is 5.69 Å². The number of nitrogens with zero attached hydrogens (tertiary/aromatic N) is 1. The Bertz CT molecular complexity index is 907. The van der Waals surface area contributed by atoms with E-state index in [1.54, 1.807) is 24.3 Å². The number of rotatable bonds is 4. The second-order valence-electron chi connectivity index (χ2n) is 7.15. The molecule has 8 nitrogen and oxygen atoms in total. The zero-order valence-corrected chi connectivity index (χ0v) is 15.6. The van der Waals surface area contributed by atoms with Gasteiger partial charge in [0.25, 0.3) is 6.29 Å². The molecule has 2 bridgehead atoms. The molecule has 28 heavy (non-hydrogen) atoms. The summed E-state index contributed by atoms with van der Waals surface area (Å²) in [4.78, 5) is 50.8. The third kappa shape index (κ3) is 2.48. The van der Waals surface area contributed by atoms with E-state index in [-0.39, 0.29) is 5.91 Å². The van der Waals surface area contributed by atoms with Crippen LogP contribution < -0.4 is 4.90 Å². The van der Waals surface area contributed by atoms with Crippen LogP contribution in [0.1, 0.15) is 19.4 Å². The summed E-state index contributed by atoms with van der Waals surface area (Å²) in [5.74, 6) is -3.98. The number of hydrogen-bond donors (Lipinski definition) is 0. The van der Waals surface area contributed by atoms with Crippen LogP contribution in [0.5, 0.6) is 0 Å². The summed E-state index contributed by atoms with van der Waals surface area (Å²) in [7, 11) is 0. The zero-order chi connectivity index (χ0) is 20.2. The maximum Gasteiger partial charge on any atom is 0.305 e. The molecule has 0 spiro atoms. The minimum Gasteiger partial charge on any atom is -0.422 e. The van der Waals surface area contributed by atoms with Gasteiger partial charge in [-0.15, -0.1) is 0 Å². The number of hydrogen-bond acceptors (Lipinski definition) is 7. The molecule has 0 radical (unpaired) electrons. The molecule has 0 aliphatic carbocycles. The van der Waals surface area contributed by atoms with Crippen molar-refractivity contribution in [2.75, 3.05) is 4.90 Å². The first kappa shape index (κ1) is 18.4. The number of ether oxygens (including phenoxy) is 3. The number of esters is 2. The number of aryl methyl sites for hydroxylation is 1. The molecule has 8 heteroatoms. The summed E-state index contributed by atoms with van der Waals surface area (Å²) in [6.07, 6.45) is 1.08. The number of amides is 2. The molecule has 4 atom stereocenters. The van der Waals surface area contributed by atoms with Gasteiger partial charge in [-0.2, -0.15) is 0 Å². The van der Waals surface area contributed by atoms with E-state index in [9.17, 15) is 19.2 Å². The fourth-order valence-corrected chi connectivity index (χ4v) is 4.27. The molecule has 0 N–H and O–H groups in total. The Morgan fingerprint density at radius 1 is 1.11 bits per heavy atom. The van der Waals surface area contributed by atoms with Gasteiger partial charge in [0.2, 0.25) is 11.8 Å². The van der Waals surface area contributed by atoms with E-state index < -0.39 is 47.7 Å². The molecular formula is C20H19NO7. The van der Waals surface area contributed by atoms with Crippen molar-refractivity contribution in [1.29, 1.82) is 0 Å². The number of carbonyl (C=O) groups is 4. The Hall–Kier alpha value is -3.00. The lowest BCUT2D eigenvalue weighted by Crippen LogP contribution is -2.52. The fraction of sp³-hybridized carbons (Fsp3) is 0.400. The van der Waals surface area contributed by atoms with Crippen molar-refractivity contribution in [1.82, 2.24) is 0 Å². The molecule has 0 unspecified atom stereocenters. The Balaban J connectivity index is 1.77. The first-order valence-electron chi connectivity index (χ1n) is 8.91. The largest absolute Gasteiger partial charge is 0.422 e. The van der Waals surface area contributed by atoms with E-state index in [1.807, 2.05) is 19.1 Å². The van der Waals surface area contributed by atoms with Crippen LogP contribution in [0.2, 0.25) is 0 Å². The van der Waals surface area contributed by atoms with Gasteiger partial charge in [-0.1, -0.05) is 24.3 Å². The number of imide groups is 1. The van der Waals surface area contributed by atoms with E-state index >= 15 is 0 Å². The Morgan fingerprint density at radius 3 is 2.36 bits per heavy atom. The molecule has 1 aromatic carbocycles. The zero-order valence-electron chi connectivity index (χ0n) is 15.6. The number of anilines is 1. The summed E-state index contributed by atoms with van der Waals surface area (Å²) < 4.78 is 16.3. The highest BCUT2D eigenvalue weighted by Gasteiger charge is 2.72. The SMILES string of the molecule is CC(=O)OC(OC(C)=O)[C@@]12C=C[C@@H](O1)[C@@H]1C(=O)N(c3ccccc3C)C(=O)[C@@H]12. The lowest BCUT2D eigenvalue weighted by Gasteiger charge is -2.34. The van der Waals surface area contributed by atoms with Crippen molar-refractivity contribution in [3.63, 3.8) is 0 Å². The van der Waals surface area contributed by atoms with Gasteiger partial charge in [0.05, 0.1) is 23.6 Å². The second kappa shape index (κ2) is 6.27. The van der Waals surface area contributed by atoms with E-state index in [4.69, 9.17) is 14.2 Å². The lowest BCUT2D eigenvalue weighted by molar-refractivity contribution is -0.226. The first-order valence-corrected chi connectivity index (χ1v) is 8.91. The van der Waals surface area contributed by atoms with Crippen LogP contribution in [-0.2, 0) is 33.4 Å². The number of para-hydroxylation sites is 1. The molecular weight excluding hydrogens is 366 g/mol. The Morgan fingerprint density at radius 2 is 1.75 bits per heavy atom. The van der Waals surface area contributed by atoms with Crippen LogP contribution in [0.3, 0.4) is 0 Å². The quantitative estimate of drug-likeness (QED) is 0.333. The van der Waals surface area contributed by atoms with Gasteiger partial charge >= 0.3 is 11.9 Å². The summed E-state index contributed by atoms with van der Waals surface area (Å²) in [5, 5.41) is 0. The maximum absolute atomic E-state index is 13.3. The van der Waals surface area contributed by atoms with Crippen LogP contribution in [0.15, 0.2) is 36.4 Å². The number of benzene rings is 1. The van der Waals surface area contributed by atoms with E-state index in [0.717, 1.165) is 24.3 Å². The summed E-state index contributed by atoms with van der Waals surface area (Å²) >= 11 is 0. The Kier molecular flexibility index (Phi) is 4.11. The average molecular weight is 385 g/mol. The summed E-state index contributed by atoms with van der Waals surface area (Å²) in [6, 6.07) is 7.07. The normalized spacial score (nSPS) is 30.1. The molecule has 2 saturated heterocycles. The highest BCUT2D eigenvalue weighted by atomic mass is 16.7. The average Bonchev–Trinajstić information content (AvgIpc) is 3.26. The Labute approximate surface area is 161 Å². The molecule has 3 heterocycles. The van der Waals surface area contributed by atoms with Crippen LogP contribution in [0.25, 0.3) is 0 Å². The molecule has 146 valence electrons. The van der Waals surface area contributed by atoms with Crippen molar-refractivity contribution in [2.24, 2.45) is 11.8 Å². The third-order valence-electron chi connectivity index (χ3n) is 5.35. The second-order valence-corrected chi connectivity index (χ2v) is 7.15. The van der Waals surface area contributed by atoms with Gasteiger partial charge in [0, 0.05) is 13.8 Å². The standard InChI is InChI=1S/C20H19NO7/c1-10-6-4-5-7-13(10)21-17(24)15-14-8-9-20(28-14,16(15)18(21)25)19(26-11(2)22)27-12(3)23/h4-9,14-16,19H,1-3H3/t14-,15+,16-,20+/m1/s1. The maximum atomic E-state index is 13.3. The van der Waals surface area contributed by atoms with Crippen molar-refractivity contribution >= 4 is 29.4 Å². The molecule has 3 aliphatic heterocycles. The van der Waals surface area contributed by atoms with Gasteiger partial charge in [0.1, 0.15) is 0 Å². The number of carbonyl (C=O) groups excluding carboxylic acids is 4. The molecule has 2 amide bonds. The van der Waals surface area contributed by atoms with Crippen molar-refractivity contribution < 1.29 is 33.4 Å². The molecule has 2 fully saturated rings.